The van der Waals surface area contributed by atoms with Crippen LogP contribution >= 0.6 is 11.6 Å². The minimum atomic E-state index is -0.402. The van der Waals surface area contributed by atoms with Crippen LogP contribution in [-0.4, -0.2) is 7.05 Å². The summed E-state index contributed by atoms with van der Waals surface area (Å²) in [4.78, 5) is 2.00. The molecule has 0 saturated carbocycles. The SMILES string of the molecule is CN(Cc1ccc(N)cc1)c1ccc(F)c(Cl)c1. The quantitative estimate of drug-likeness (QED) is 0.857. The van der Waals surface area contributed by atoms with E-state index in [-0.39, 0.29) is 5.02 Å². The number of hydrogen-bond donors (Lipinski definition) is 1. The van der Waals surface area contributed by atoms with Gasteiger partial charge >= 0.3 is 0 Å². The first-order valence-corrected chi connectivity index (χ1v) is 5.94. The van der Waals surface area contributed by atoms with Crippen LogP contribution in [0.5, 0.6) is 0 Å². The Morgan fingerprint density at radius 1 is 1.17 bits per heavy atom. The molecule has 0 atom stereocenters. The Morgan fingerprint density at radius 3 is 2.44 bits per heavy atom. The average Bonchev–Trinajstić information content (AvgIpc) is 2.35. The zero-order valence-corrected chi connectivity index (χ0v) is 10.8. The molecule has 0 aliphatic carbocycles. The lowest BCUT2D eigenvalue weighted by atomic mass is 10.2. The molecule has 4 heteroatoms. The van der Waals surface area contributed by atoms with Gasteiger partial charge in [0.25, 0.3) is 0 Å². The Bertz CT molecular complexity index is 540. The van der Waals surface area contributed by atoms with E-state index < -0.39 is 5.82 Å². The molecule has 0 spiro atoms. The predicted molar refractivity (Wildman–Crippen MR) is 74.4 cm³/mol. The number of hydrogen-bond acceptors (Lipinski definition) is 2. The Labute approximate surface area is 111 Å². The van der Waals surface area contributed by atoms with Crippen LogP contribution in [0, 0.1) is 5.82 Å². The normalized spacial score (nSPS) is 10.4. The number of nitrogens with zero attached hydrogens (tertiary/aromatic N) is 1. The lowest BCUT2D eigenvalue weighted by Crippen LogP contribution is -2.16. The van der Waals surface area contributed by atoms with E-state index in [0.717, 1.165) is 16.9 Å². The van der Waals surface area contributed by atoms with Crippen molar-refractivity contribution in [1.82, 2.24) is 0 Å². The fourth-order valence-corrected chi connectivity index (χ4v) is 1.89. The molecular weight excluding hydrogens is 251 g/mol. The predicted octanol–water partition coefficient (Wildman–Crippen LogP) is 3.70. The first-order chi connectivity index (χ1) is 8.56. The molecule has 0 aliphatic heterocycles. The van der Waals surface area contributed by atoms with Gasteiger partial charge in [-0.05, 0) is 35.9 Å². The van der Waals surface area contributed by atoms with Crippen LogP contribution in [0.4, 0.5) is 15.8 Å². The van der Waals surface area contributed by atoms with Gasteiger partial charge in [-0.1, -0.05) is 23.7 Å². The van der Waals surface area contributed by atoms with Crippen LogP contribution in [0.1, 0.15) is 5.56 Å². The van der Waals surface area contributed by atoms with Crippen molar-refractivity contribution in [1.29, 1.82) is 0 Å². The zero-order valence-electron chi connectivity index (χ0n) is 10.0. The van der Waals surface area contributed by atoms with Crippen LogP contribution in [0.15, 0.2) is 42.5 Å². The van der Waals surface area contributed by atoms with Crippen LogP contribution < -0.4 is 10.6 Å². The summed E-state index contributed by atoms with van der Waals surface area (Å²) in [6.07, 6.45) is 0. The number of nitrogen functional groups attached to an aromatic ring is 1. The second-order valence-electron chi connectivity index (χ2n) is 4.20. The molecule has 0 unspecified atom stereocenters. The second-order valence-corrected chi connectivity index (χ2v) is 4.60. The van der Waals surface area contributed by atoms with E-state index in [2.05, 4.69) is 0 Å². The summed E-state index contributed by atoms with van der Waals surface area (Å²) in [6.45, 7) is 0.711. The first kappa shape index (κ1) is 12.7. The highest BCUT2D eigenvalue weighted by Gasteiger charge is 2.05. The van der Waals surface area contributed by atoms with Crippen molar-refractivity contribution < 1.29 is 4.39 Å². The van der Waals surface area contributed by atoms with Gasteiger partial charge in [-0.15, -0.1) is 0 Å². The van der Waals surface area contributed by atoms with Crippen molar-refractivity contribution in [3.05, 3.63) is 58.9 Å². The van der Waals surface area contributed by atoms with Gasteiger partial charge in [0, 0.05) is 25.0 Å². The smallest absolute Gasteiger partial charge is 0.141 e. The summed E-state index contributed by atoms with van der Waals surface area (Å²) in [5.41, 5.74) is 8.38. The minimum Gasteiger partial charge on any atom is -0.399 e. The van der Waals surface area contributed by atoms with E-state index in [1.165, 1.54) is 6.07 Å². The number of anilines is 2. The van der Waals surface area contributed by atoms with E-state index in [0.29, 0.717) is 6.54 Å². The molecular formula is C14H14ClFN2. The minimum absolute atomic E-state index is 0.136. The van der Waals surface area contributed by atoms with E-state index in [1.54, 1.807) is 12.1 Å². The van der Waals surface area contributed by atoms with Crippen molar-refractivity contribution in [3.8, 4) is 0 Å². The lowest BCUT2D eigenvalue weighted by molar-refractivity contribution is 0.628. The molecule has 0 aromatic heterocycles. The summed E-state index contributed by atoms with van der Waals surface area (Å²) in [7, 11) is 1.93. The van der Waals surface area contributed by atoms with Gasteiger partial charge in [-0.25, -0.2) is 4.39 Å². The molecule has 2 nitrogen and oxygen atoms in total. The third-order valence-corrected chi connectivity index (χ3v) is 3.03. The number of rotatable bonds is 3. The highest BCUT2D eigenvalue weighted by atomic mass is 35.5. The third kappa shape index (κ3) is 2.93. The molecule has 0 heterocycles. The summed E-state index contributed by atoms with van der Waals surface area (Å²) in [5.74, 6) is -0.402. The molecule has 0 bridgehead atoms. The van der Waals surface area contributed by atoms with Gasteiger partial charge in [0.05, 0.1) is 5.02 Å². The Balaban J connectivity index is 2.13. The topological polar surface area (TPSA) is 29.3 Å². The molecule has 0 saturated heterocycles. The molecule has 0 aliphatic rings. The number of nitrogens with two attached hydrogens (primary N) is 1. The Morgan fingerprint density at radius 2 is 1.83 bits per heavy atom. The van der Waals surface area contributed by atoms with E-state index in [4.69, 9.17) is 17.3 Å². The van der Waals surface area contributed by atoms with E-state index in [1.807, 2.05) is 36.2 Å². The fraction of sp³-hybridized carbons (Fsp3) is 0.143. The van der Waals surface area contributed by atoms with Crippen LogP contribution in [0.25, 0.3) is 0 Å². The standard InChI is InChI=1S/C14H14ClFN2/c1-18(9-10-2-4-11(17)5-3-10)12-6-7-14(16)13(15)8-12/h2-8H,9,17H2,1H3. The molecule has 2 aromatic rings. The second kappa shape index (κ2) is 5.27. The van der Waals surface area contributed by atoms with Crippen LogP contribution in [0.3, 0.4) is 0 Å². The maximum absolute atomic E-state index is 13.1. The number of halogens is 2. The number of benzene rings is 2. The Kier molecular flexibility index (Phi) is 3.72. The largest absolute Gasteiger partial charge is 0.399 e. The highest BCUT2D eigenvalue weighted by Crippen LogP contribution is 2.23. The molecule has 2 rings (SSSR count). The Hall–Kier alpha value is -1.74. The zero-order chi connectivity index (χ0) is 13.1. The van der Waals surface area contributed by atoms with Crippen molar-refractivity contribution in [2.24, 2.45) is 0 Å². The van der Waals surface area contributed by atoms with Gasteiger partial charge in [0.2, 0.25) is 0 Å². The van der Waals surface area contributed by atoms with Crippen molar-refractivity contribution >= 4 is 23.0 Å². The fourth-order valence-electron chi connectivity index (χ4n) is 1.71. The average molecular weight is 265 g/mol. The summed E-state index contributed by atoms with van der Waals surface area (Å²) < 4.78 is 13.1. The molecule has 18 heavy (non-hydrogen) atoms. The summed E-state index contributed by atoms with van der Waals surface area (Å²) in [5, 5.41) is 0.136. The molecule has 2 aromatic carbocycles. The molecule has 0 radical (unpaired) electrons. The van der Waals surface area contributed by atoms with Crippen molar-refractivity contribution in [2.45, 2.75) is 6.54 Å². The van der Waals surface area contributed by atoms with Gasteiger partial charge in [-0.3, -0.25) is 0 Å². The lowest BCUT2D eigenvalue weighted by Gasteiger charge is -2.19. The van der Waals surface area contributed by atoms with E-state index in [9.17, 15) is 4.39 Å². The maximum atomic E-state index is 13.1. The van der Waals surface area contributed by atoms with E-state index >= 15 is 0 Å². The van der Waals surface area contributed by atoms with Gasteiger partial charge in [0.1, 0.15) is 5.82 Å². The highest BCUT2D eigenvalue weighted by molar-refractivity contribution is 6.31. The van der Waals surface area contributed by atoms with Gasteiger partial charge < -0.3 is 10.6 Å². The first-order valence-electron chi connectivity index (χ1n) is 5.57. The summed E-state index contributed by atoms with van der Waals surface area (Å²) >= 11 is 5.76. The van der Waals surface area contributed by atoms with Crippen molar-refractivity contribution in [3.63, 3.8) is 0 Å². The van der Waals surface area contributed by atoms with Gasteiger partial charge in [0.15, 0.2) is 0 Å². The monoisotopic (exact) mass is 264 g/mol. The molecule has 2 N–H and O–H groups in total. The van der Waals surface area contributed by atoms with Crippen molar-refractivity contribution in [2.75, 3.05) is 17.7 Å². The summed E-state index contributed by atoms with van der Waals surface area (Å²) in [6, 6.07) is 12.4. The maximum Gasteiger partial charge on any atom is 0.141 e. The van der Waals surface area contributed by atoms with Gasteiger partial charge in [-0.2, -0.15) is 0 Å². The molecule has 0 fully saturated rings. The van der Waals surface area contributed by atoms with Crippen LogP contribution in [0.2, 0.25) is 5.02 Å². The molecule has 0 amide bonds. The third-order valence-electron chi connectivity index (χ3n) is 2.74. The van der Waals surface area contributed by atoms with Crippen LogP contribution in [-0.2, 0) is 6.54 Å². The molecule has 94 valence electrons.